The number of nitrogens with one attached hydrogen (secondary N) is 1. The Morgan fingerprint density at radius 2 is 1.89 bits per heavy atom. The van der Waals surface area contributed by atoms with Crippen LogP contribution in [0.25, 0.3) is 0 Å². The van der Waals surface area contributed by atoms with Gasteiger partial charge in [0.2, 0.25) is 0 Å². The predicted octanol–water partition coefficient (Wildman–Crippen LogP) is 3.68. The van der Waals surface area contributed by atoms with Gasteiger partial charge in [-0.05, 0) is 51.4 Å². The van der Waals surface area contributed by atoms with Crippen LogP contribution in [0.15, 0.2) is 24.3 Å². The summed E-state index contributed by atoms with van der Waals surface area (Å²) in [5.74, 6) is 0. The van der Waals surface area contributed by atoms with E-state index in [-0.39, 0.29) is 5.60 Å². The summed E-state index contributed by atoms with van der Waals surface area (Å²) in [5.41, 5.74) is 1.14. The number of ether oxygens (including phenoxy) is 1. The molecule has 102 valence electrons. The molecule has 0 amide bonds. The lowest BCUT2D eigenvalue weighted by Gasteiger charge is -2.37. The van der Waals surface area contributed by atoms with Gasteiger partial charge in [-0.1, -0.05) is 30.7 Å². The van der Waals surface area contributed by atoms with Crippen molar-refractivity contribution in [3.8, 4) is 0 Å². The van der Waals surface area contributed by atoms with Crippen molar-refractivity contribution in [2.75, 3.05) is 13.7 Å². The Balaban J connectivity index is 2.79. The SMILES string of the molecule is CCOC(C)(CC)C(Cc1ccc(Cl)cc1)NC. The van der Waals surface area contributed by atoms with Crippen LogP contribution in [0.3, 0.4) is 0 Å². The van der Waals surface area contributed by atoms with E-state index in [4.69, 9.17) is 16.3 Å². The molecular weight excluding hydrogens is 246 g/mol. The second kappa shape index (κ2) is 7.13. The van der Waals surface area contributed by atoms with E-state index >= 15 is 0 Å². The molecule has 0 spiro atoms. The van der Waals surface area contributed by atoms with E-state index in [1.54, 1.807) is 0 Å². The smallest absolute Gasteiger partial charge is 0.0807 e. The number of likely N-dealkylation sites (N-methyl/N-ethyl adjacent to an activating group) is 1. The van der Waals surface area contributed by atoms with E-state index in [1.165, 1.54) is 5.56 Å². The van der Waals surface area contributed by atoms with E-state index < -0.39 is 0 Å². The third-order valence-corrected chi connectivity index (χ3v) is 3.87. The molecule has 3 heteroatoms. The molecule has 0 bridgehead atoms. The molecule has 0 aliphatic carbocycles. The van der Waals surface area contributed by atoms with Crippen molar-refractivity contribution in [1.29, 1.82) is 0 Å². The molecule has 1 aromatic rings. The quantitative estimate of drug-likeness (QED) is 0.815. The van der Waals surface area contributed by atoms with Crippen molar-refractivity contribution in [2.45, 2.75) is 45.3 Å². The monoisotopic (exact) mass is 269 g/mol. The summed E-state index contributed by atoms with van der Waals surface area (Å²) in [6.07, 6.45) is 1.93. The second-order valence-electron chi connectivity index (χ2n) is 4.77. The summed E-state index contributed by atoms with van der Waals surface area (Å²) >= 11 is 5.91. The first-order valence-electron chi connectivity index (χ1n) is 6.61. The van der Waals surface area contributed by atoms with E-state index in [1.807, 2.05) is 26.1 Å². The number of benzene rings is 1. The Hall–Kier alpha value is -0.570. The molecule has 0 fully saturated rings. The summed E-state index contributed by atoms with van der Waals surface area (Å²) in [6.45, 7) is 7.13. The van der Waals surface area contributed by atoms with Crippen molar-refractivity contribution in [2.24, 2.45) is 0 Å². The molecule has 0 saturated carbocycles. The molecule has 0 aliphatic heterocycles. The van der Waals surface area contributed by atoms with E-state index in [2.05, 4.69) is 31.3 Å². The molecule has 0 aliphatic rings. The van der Waals surface area contributed by atoms with Gasteiger partial charge in [-0.3, -0.25) is 0 Å². The fourth-order valence-corrected chi connectivity index (χ4v) is 2.38. The van der Waals surface area contributed by atoms with Crippen LogP contribution in [0, 0.1) is 0 Å². The van der Waals surface area contributed by atoms with Crippen molar-refractivity contribution in [3.63, 3.8) is 0 Å². The van der Waals surface area contributed by atoms with Gasteiger partial charge in [0.05, 0.1) is 5.60 Å². The van der Waals surface area contributed by atoms with Crippen LogP contribution in [0.2, 0.25) is 5.02 Å². The molecule has 0 heterocycles. The topological polar surface area (TPSA) is 21.3 Å². The molecule has 1 N–H and O–H groups in total. The maximum Gasteiger partial charge on any atom is 0.0807 e. The highest BCUT2D eigenvalue weighted by atomic mass is 35.5. The first-order valence-corrected chi connectivity index (χ1v) is 6.99. The molecule has 0 radical (unpaired) electrons. The third-order valence-electron chi connectivity index (χ3n) is 3.61. The Kier molecular flexibility index (Phi) is 6.13. The van der Waals surface area contributed by atoms with Gasteiger partial charge < -0.3 is 10.1 Å². The summed E-state index contributed by atoms with van der Waals surface area (Å²) < 4.78 is 5.94. The highest BCUT2D eigenvalue weighted by Gasteiger charge is 2.32. The Bertz CT molecular complexity index is 352. The van der Waals surface area contributed by atoms with Crippen molar-refractivity contribution in [1.82, 2.24) is 5.32 Å². The first kappa shape index (κ1) is 15.5. The van der Waals surface area contributed by atoms with Gasteiger partial charge in [0.15, 0.2) is 0 Å². The lowest BCUT2D eigenvalue weighted by atomic mass is 9.88. The van der Waals surface area contributed by atoms with Crippen LogP contribution in [-0.4, -0.2) is 25.3 Å². The van der Waals surface area contributed by atoms with Crippen LogP contribution in [0.5, 0.6) is 0 Å². The minimum Gasteiger partial charge on any atom is -0.374 e. The Morgan fingerprint density at radius 1 is 1.28 bits per heavy atom. The maximum absolute atomic E-state index is 5.94. The molecule has 1 aromatic carbocycles. The maximum atomic E-state index is 5.94. The van der Waals surface area contributed by atoms with Crippen LogP contribution in [-0.2, 0) is 11.2 Å². The molecule has 1 rings (SSSR count). The average molecular weight is 270 g/mol. The molecule has 0 saturated heterocycles. The second-order valence-corrected chi connectivity index (χ2v) is 5.21. The van der Waals surface area contributed by atoms with Crippen LogP contribution < -0.4 is 5.32 Å². The molecule has 0 aromatic heterocycles. The number of rotatable bonds is 7. The van der Waals surface area contributed by atoms with Crippen LogP contribution in [0.1, 0.15) is 32.8 Å². The van der Waals surface area contributed by atoms with Crippen molar-refractivity contribution < 1.29 is 4.74 Å². The fourth-order valence-electron chi connectivity index (χ4n) is 2.26. The molecular formula is C15H24ClNO. The van der Waals surface area contributed by atoms with Gasteiger partial charge in [0, 0.05) is 17.7 Å². The zero-order chi connectivity index (χ0) is 13.6. The summed E-state index contributed by atoms with van der Waals surface area (Å²) in [4.78, 5) is 0. The minimum absolute atomic E-state index is 0.136. The number of hydrogen-bond donors (Lipinski definition) is 1. The summed E-state index contributed by atoms with van der Waals surface area (Å²) in [6, 6.07) is 8.33. The van der Waals surface area contributed by atoms with E-state index in [9.17, 15) is 0 Å². The van der Waals surface area contributed by atoms with Crippen LogP contribution in [0.4, 0.5) is 0 Å². The van der Waals surface area contributed by atoms with Crippen molar-refractivity contribution in [3.05, 3.63) is 34.9 Å². The molecule has 2 unspecified atom stereocenters. The van der Waals surface area contributed by atoms with Crippen LogP contribution >= 0.6 is 11.6 Å². The Morgan fingerprint density at radius 3 is 2.33 bits per heavy atom. The van der Waals surface area contributed by atoms with Gasteiger partial charge in [-0.25, -0.2) is 0 Å². The fraction of sp³-hybridized carbons (Fsp3) is 0.600. The number of halogens is 1. The standard InChI is InChI=1S/C15H24ClNO/c1-5-15(3,18-6-2)14(17-4)11-12-7-9-13(16)10-8-12/h7-10,14,17H,5-6,11H2,1-4H3. The third kappa shape index (κ3) is 3.98. The molecule has 18 heavy (non-hydrogen) atoms. The lowest BCUT2D eigenvalue weighted by Crippen LogP contribution is -2.50. The highest BCUT2D eigenvalue weighted by molar-refractivity contribution is 6.30. The lowest BCUT2D eigenvalue weighted by molar-refractivity contribution is -0.0534. The predicted molar refractivity (Wildman–Crippen MR) is 78.3 cm³/mol. The largest absolute Gasteiger partial charge is 0.374 e. The Labute approximate surface area is 116 Å². The van der Waals surface area contributed by atoms with Gasteiger partial charge in [-0.15, -0.1) is 0 Å². The minimum atomic E-state index is -0.136. The zero-order valence-corrected chi connectivity index (χ0v) is 12.6. The molecule has 2 nitrogen and oxygen atoms in total. The summed E-state index contributed by atoms with van der Waals surface area (Å²) in [5, 5.41) is 4.16. The van der Waals surface area contributed by atoms with Crippen molar-refractivity contribution >= 4 is 11.6 Å². The van der Waals surface area contributed by atoms with Gasteiger partial charge >= 0.3 is 0 Å². The van der Waals surface area contributed by atoms with E-state index in [0.29, 0.717) is 6.04 Å². The van der Waals surface area contributed by atoms with Gasteiger partial charge in [0.1, 0.15) is 0 Å². The first-order chi connectivity index (χ1) is 8.55. The highest BCUT2D eigenvalue weighted by Crippen LogP contribution is 2.23. The van der Waals surface area contributed by atoms with Gasteiger partial charge in [-0.2, -0.15) is 0 Å². The zero-order valence-electron chi connectivity index (χ0n) is 11.8. The molecule has 2 atom stereocenters. The normalized spacial score (nSPS) is 16.3. The van der Waals surface area contributed by atoms with E-state index in [0.717, 1.165) is 24.5 Å². The number of hydrogen-bond acceptors (Lipinski definition) is 2. The van der Waals surface area contributed by atoms with Gasteiger partial charge in [0.25, 0.3) is 0 Å². The summed E-state index contributed by atoms with van der Waals surface area (Å²) in [7, 11) is 1.99. The average Bonchev–Trinajstić information content (AvgIpc) is 2.38.